The largest absolute Gasteiger partial charge is 0.302 e. The maximum Gasteiger partial charge on any atom is 0.0110 e. The van der Waals surface area contributed by atoms with Crippen molar-refractivity contribution in [2.24, 2.45) is 5.92 Å². The highest BCUT2D eigenvalue weighted by molar-refractivity contribution is 4.74. The molecular weight excluding hydrogens is 222 g/mol. The van der Waals surface area contributed by atoms with Crippen LogP contribution in [-0.4, -0.2) is 73.6 Å². The van der Waals surface area contributed by atoms with Crippen LogP contribution >= 0.6 is 0 Å². The van der Waals surface area contributed by atoms with E-state index in [0.29, 0.717) is 0 Å². The molecule has 2 saturated heterocycles. The molecule has 0 amide bonds. The van der Waals surface area contributed by atoms with E-state index in [2.05, 4.69) is 28.5 Å². The Bertz CT molecular complexity index is 216. The highest BCUT2D eigenvalue weighted by Crippen LogP contribution is 2.09. The molecule has 2 fully saturated rings. The zero-order valence-electron chi connectivity index (χ0n) is 12.4. The first-order valence-electron chi connectivity index (χ1n) is 7.91. The highest BCUT2D eigenvalue weighted by atomic mass is 15.3. The predicted octanol–water partition coefficient (Wildman–Crippen LogP) is 1.75. The average Bonchev–Trinajstić information content (AvgIpc) is 2.38. The molecule has 18 heavy (non-hydrogen) atoms. The molecule has 0 radical (unpaired) electrons. The smallest absolute Gasteiger partial charge is 0.0110 e. The van der Waals surface area contributed by atoms with Crippen LogP contribution in [0.2, 0.25) is 0 Å². The number of likely N-dealkylation sites (tertiary alicyclic amines) is 1. The third-order valence-corrected chi connectivity index (χ3v) is 4.27. The summed E-state index contributed by atoms with van der Waals surface area (Å²) < 4.78 is 0. The van der Waals surface area contributed by atoms with Crippen LogP contribution < -0.4 is 0 Å². The number of hydrogen-bond acceptors (Lipinski definition) is 3. The average molecular weight is 253 g/mol. The van der Waals surface area contributed by atoms with Crippen molar-refractivity contribution < 1.29 is 0 Å². The van der Waals surface area contributed by atoms with Crippen molar-refractivity contribution in [3.8, 4) is 0 Å². The molecule has 106 valence electrons. The first-order chi connectivity index (χ1) is 8.74. The molecule has 3 heteroatoms. The Hall–Kier alpha value is -0.120. The zero-order chi connectivity index (χ0) is 12.8. The van der Waals surface area contributed by atoms with Gasteiger partial charge in [0.05, 0.1) is 0 Å². The first kappa shape index (κ1) is 14.3. The van der Waals surface area contributed by atoms with E-state index in [1.165, 1.54) is 78.2 Å². The minimum absolute atomic E-state index is 0.810. The van der Waals surface area contributed by atoms with Gasteiger partial charge in [0.25, 0.3) is 0 Å². The molecule has 2 aliphatic heterocycles. The lowest BCUT2D eigenvalue weighted by Gasteiger charge is -2.37. The van der Waals surface area contributed by atoms with Gasteiger partial charge in [0.15, 0.2) is 0 Å². The van der Waals surface area contributed by atoms with Gasteiger partial charge in [-0.05, 0) is 31.8 Å². The van der Waals surface area contributed by atoms with E-state index >= 15 is 0 Å². The van der Waals surface area contributed by atoms with E-state index in [4.69, 9.17) is 0 Å². The third-order valence-electron chi connectivity index (χ3n) is 4.27. The van der Waals surface area contributed by atoms with Crippen molar-refractivity contribution in [3.63, 3.8) is 0 Å². The minimum atomic E-state index is 0.810. The zero-order valence-corrected chi connectivity index (χ0v) is 12.4. The van der Waals surface area contributed by atoms with Crippen molar-refractivity contribution in [2.45, 2.75) is 33.1 Å². The summed E-state index contributed by atoms with van der Waals surface area (Å²) in [7, 11) is 0. The van der Waals surface area contributed by atoms with E-state index < -0.39 is 0 Å². The van der Waals surface area contributed by atoms with Gasteiger partial charge < -0.3 is 9.80 Å². The van der Waals surface area contributed by atoms with E-state index in [1.54, 1.807) is 0 Å². The summed E-state index contributed by atoms with van der Waals surface area (Å²) in [6.45, 7) is 16.3. The lowest BCUT2D eigenvalue weighted by Crippen LogP contribution is -2.49. The Morgan fingerprint density at radius 2 is 1.17 bits per heavy atom. The van der Waals surface area contributed by atoms with Crippen LogP contribution in [0.1, 0.15) is 33.1 Å². The number of rotatable bonds is 5. The Morgan fingerprint density at radius 3 is 1.72 bits per heavy atom. The van der Waals surface area contributed by atoms with Gasteiger partial charge in [0.1, 0.15) is 0 Å². The Labute approximate surface area is 113 Å². The molecule has 0 N–H and O–H groups in total. The van der Waals surface area contributed by atoms with Gasteiger partial charge in [-0.3, -0.25) is 4.90 Å². The summed E-state index contributed by atoms with van der Waals surface area (Å²) in [4.78, 5) is 7.94. The summed E-state index contributed by atoms with van der Waals surface area (Å²) in [6, 6.07) is 0. The molecule has 0 atom stereocenters. The van der Waals surface area contributed by atoms with Gasteiger partial charge in [-0.1, -0.05) is 20.3 Å². The normalized spacial score (nSPS) is 24.8. The molecule has 0 spiro atoms. The molecule has 2 heterocycles. The van der Waals surface area contributed by atoms with Gasteiger partial charge in [0, 0.05) is 45.8 Å². The van der Waals surface area contributed by atoms with Crippen LogP contribution in [0.5, 0.6) is 0 Å². The molecule has 0 unspecified atom stereocenters. The highest BCUT2D eigenvalue weighted by Gasteiger charge is 2.18. The van der Waals surface area contributed by atoms with Gasteiger partial charge in [0.2, 0.25) is 0 Å². The Kier molecular flexibility index (Phi) is 5.93. The number of hydrogen-bond donors (Lipinski definition) is 0. The summed E-state index contributed by atoms with van der Waals surface area (Å²) >= 11 is 0. The van der Waals surface area contributed by atoms with Crippen molar-refractivity contribution in [1.82, 2.24) is 14.7 Å². The summed E-state index contributed by atoms with van der Waals surface area (Å²) in [5, 5.41) is 0. The molecule has 0 aromatic carbocycles. The van der Waals surface area contributed by atoms with Gasteiger partial charge in [-0.25, -0.2) is 0 Å². The molecular formula is C15H31N3. The second kappa shape index (κ2) is 7.46. The lowest BCUT2D eigenvalue weighted by atomic mass is 10.1. The molecule has 3 nitrogen and oxygen atoms in total. The fourth-order valence-corrected chi connectivity index (χ4v) is 3.18. The molecule has 0 aliphatic carbocycles. The van der Waals surface area contributed by atoms with Crippen LogP contribution in [0.3, 0.4) is 0 Å². The number of piperidine rings is 1. The minimum Gasteiger partial charge on any atom is -0.302 e. The van der Waals surface area contributed by atoms with Gasteiger partial charge in [-0.2, -0.15) is 0 Å². The van der Waals surface area contributed by atoms with Crippen LogP contribution in [-0.2, 0) is 0 Å². The van der Waals surface area contributed by atoms with E-state index in [9.17, 15) is 0 Å². The maximum absolute atomic E-state index is 2.66. The molecule has 0 aromatic heterocycles. The number of piperazine rings is 1. The van der Waals surface area contributed by atoms with Crippen LogP contribution in [0.4, 0.5) is 0 Å². The van der Waals surface area contributed by atoms with E-state index in [0.717, 1.165) is 5.92 Å². The summed E-state index contributed by atoms with van der Waals surface area (Å²) in [5.41, 5.74) is 0. The van der Waals surface area contributed by atoms with Crippen molar-refractivity contribution >= 4 is 0 Å². The monoisotopic (exact) mass is 253 g/mol. The molecule has 0 saturated carbocycles. The van der Waals surface area contributed by atoms with Gasteiger partial charge >= 0.3 is 0 Å². The lowest BCUT2D eigenvalue weighted by molar-refractivity contribution is 0.107. The van der Waals surface area contributed by atoms with Crippen LogP contribution in [0.25, 0.3) is 0 Å². The maximum atomic E-state index is 2.66. The number of nitrogens with zero attached hydrogens (tertiary/aromatic N) is 3. The third kappa shape index (κ3) is 4.87. The van der Waals surface area contributed by atoms with Crippen LogP contribution in [0, 0.1) is 5.92 Å². The molecule has 0 bridgehead atoms. The summed E-state index contributed by atoms with van der Waals surface area (Å²) in [5.74, 6) is 0.810. The van der Waals surface area contributed by atoms with Crippen LogP contribution in [0.15, 0.2) is 0 Å². The Balaban J connectivity index is 1.58. The fraction of sp³-hybridized carbons (Fsp3) is 1.00. The first-order valence-corrected chi connectivity index (χ1v) is 7.91. The van der Waals surface area contributed by atoms with E-state index in [1.807, 2.05) is 0 Å². The SMILES string of the molecule is CC(C)CN1CCN(CCN2CCCCC2)CC1. The topological polar surface area (TPSA) is 9.72 Å². The molecule has 2 rings (SSSR count). The Morgan fingerprint density at radius 1 is 0.667 bits per heavy atom. The molecule has 0 aromatic rings. The molecule has 2 aliphatic rings. The van der Waals surface area contributed by atoms with Crippen molar-refractivity contribution in [3.05, 3.63) is 0 Å². The second-order valence-electron chi connectivity index (χ2n) is 6.44. The van der Waals surface area contributed by atoms with Crippen molar-refractivity contribution in [1.29, 1.82) is 0 Å². The fourth-order valence-electron chi connectivity index (χ4n) is 3.18. The standard InChI is InChI=1S/C15H31N3/c1-15(2)14-18-12-10-17(11-13-18)9-8-16-6-4-3-5-7-16/h15H,3-14H2,1-2H3. The van der Waals surface area contributed by atoms with Crippen molar-refractivity contribution in [2.75, 3.05) is 58.9 Å². The quantitative estimate of drug-likeness (QED) is 0.739. The predicted molar refractivity (Wildman–Crippen MR) is 78.0 cm³/mol. The second-order valence-corrected chi connectivity index (χ2v) is 6.44. The van der Waals surface area contributed by atoms with E-state index in [-0.39, 0.29) is 0 Å². The van der Waals surface area contributed by atoms with Gasteiger partial charge in [-0.15, -0.1) is 0 Å². The summed E-state index contributed by atoms with van der Waals surface area (Å²) in [6.07, 6.45) is 4.29.